The van der Waals surface area contributed by atoms with Gasteiger partial charge in [0.25, 0.3) is 0 Å². The Morgan fingerprint density at radius 3 is 2.81 bits per heavy atom. The number of anilines is 1. The Morgan fingerprint density at radius 1 is 1.19 bits per heavy atom. The summed E-state index contributed by atoms with van der Waals surface area (Å²) < 4.78 is 1.53. The van der Waals surface area contributed by atoms with E-state index in [1.54, 1.807) is 36.7 Å². The summed E-state index contributed by atoms with van der Waals surface area (Å²) in [4.78, 5) is 4.25. The minimum atomic E-state index is 0.475. The molecule has 0 saturated heterocycles. The highest BCUT2D eigenvalue weighted by molar-refractivity contribution is 6.30. The normalized spacial score (nSPS) is 10.3. The average Bonchev–Trinajstić information content (AvgIpc) is 2.97. The van der Waals surface area contributed by atoms with Gasteiger partial charge in [-0.2, -0.15) is 5.26 Å². The Morgan fingerprint density at radius 2 is 2.05 bits per heavy atom. The average molecular weight is 296 g/mol. The summed E-state index contributed by atoms with van der Waals surface area (Å²) >= 11 is 5.98. The molecule has 3 aromatic rings. The molecule has 6 heteroatoms. The summed E-state index contributed by atoms with van der Waals surface area (Å²) in [6.45, 7) is 0. The molecule has 0 atom stereocenters. The molecule has 2 N–H and O–H groups in total. The lowest BCUT2D eigenvalue weighted by Gasteiger charge is -2.03. The predicted octanol–water partition coefficient (Wildman–Crippen LogP) is 3.04. The fourth-order valence-electron chi connectivity index (χ4n) is 1.98. The highest BCUT2D eigenvalue weighted by Gasteiger charge is 2.10. The van der Waals surface area contributed by atoms with Crippen LogP contribution >= 0.6 is 11.6 Å². The maximum absolute atomic E-state index is 9.16. The van der Waals surface area contributed by atoms with Crippen LogP contribution in [0.1, 0.15) is 5.56 Å². The molecule has 5 nitrogen and oxygen atoms in total. The second-order valence-corrected chi connectivity index (χ2v) is 4.85. The molecule has 21 heavy (non-hydrogen) atoms. The molecular weight excluding hydrogens is 286 g/mol. The van der Waals surface area contributed by atoms with E-state index < -0.39 is 0 Å². The van der Waals surface area contributed by atoms with Crippen LogP contribution in [0.2, 0.25) is 5.02 Å². The molecule has 0 aliphatic rings. The van der Waals surface area contributed by atoms with E-state index in [9.17, 15) is 0 Å². The smallest absolute Gasteiger partial charge is 0.181 e. The van der Waals surface area contributed by atoms with Crippen LogP contribution < -0.4 is 5.73 Å². The number of nitrogens with two attached hydrogens (primary N) is 1. The van der Waals surface area contributed by atoms with Gasteiger partial charge in [0.05, 0.1) is 11.3 Å². The zero-order valence-electron chi connectivity index (χ0n) is 10.9. The van der Waals surface area contributed by atoms with Crippen LogP contribution in [0.3, 0.4) is 0 Å². The second kappa shape index (κ2) is 5.27. The molecular formula is C15H10ClN5. The van der Waals surface area contributed by atoms with Gasteiger partial charge in [-0.05, 0) is 30.3 Å². The van der Waals surface area contributed by atoms with Crippen molar-refractivity contribution in [1.29, 1.82) is 5.26 Å². The van der Waals surface area contributed by atoms with E-state index >= 15 is 0 Å². The molecule has 0 bridgehead atoms. The number of nitrogen functional groups attached to an aromatic ring is 1. The van der Waals surface area contributed by atoms with E-state index in [4.69, 9.17) is 22.6 Å². The largest absolute Gasteiger partial charge is 0.399 e. The molecule has 2 aromatic carbocycles. The van der Waals surface area contributed by atoms with Gasteiger partial charge in [0.15, 0.2) is 5.82 Å². The molecule has 0 aliphatic heterocycles. The van der Waals surface area contributed by atoms with Crippen LogP contribution in [0.25, 0.3) is 17.1 Å². The lowest BCUT2D eigenvalue weighted by molar-refractivity contribution is 0.879. The fraction of sp³-hybridized carbons (Fsp3) is 0. The molecule has 3 rings (SSSR count). The van der Waals surface area contributed by atoms with E-state index in [2.05, 4.69) is 16.2 Å². The Bertz CT molecular complexity index is 847. The van der Waals surface area contributed by atoms with Crippen molar-refractivity contribution in [2.24, 2.45) is 0 Å². The molecule has 102 valence electrons. The highest BCUT2D eigenvalue weighted by Crippen LogP contribution is 2.21. The zero-order valence-corrected chi connectivity index (χ0v) is 11.6. The van der Waals surface area contributed by atoms with Crippen molar-refractivity contribution in [3.8, 4) is 23.1 Å². The van der Waals surface area contributed by atoms with Crippen molar-refractivity contribution in [3.63, 3.8) is 0 Å². The number of hydrogen-bond acceptors (Lipinski definition) is 4. The first-order valence-corrected chi connectivity index (χ1v) is 6.53. The summed E-state index contributed by atoms with van der Waals surface area (Å²) in [6, 6.07) is 14.4. The van der Waals surface area contributed by atoms with Gasteiger partial charge in [-0.1, -0.05) is 23.7 Å². The van der Waals surface area contributed by atoms with Gasteiger partial charge in [0.1, 0.15) is 12.4 Å². The van der Waals surface area contributed by atoms with Gasteiger partial charge in [0.2, 0.25) is 0 Å². The number of rotatable bonds is 2. The Kier molecular flexibility index (Phi) is 3.30. The van der Waals surface area contributed by atoms with Gasteiger partial charge >= 0.3 is 0 Å². The molecule has 0 radical (unpaired) electrons. The Labute approximate surface area is 126 Å². The Balaban J connectivity index is 2.07. The van der Waals surface area contributed by atoms with Gasteiger partial charge in [-0.15, -0.1) is 5.10 Å². The van der Waals surface area contributed by atoms with E-state index in [1.807, 2.05) is 12.1 Å². The van der Waals surface area contributed by atoms with Crippen molar-refractivity contribution >= 4 is 17.3 Å². The van der Waals surface area contributed by atoms with E-state index in [0.717, 1.165) is 5.56 Å². The first kappa shape index (κ1) is 13.2. The first-order chi connectivity index (χ1) is 10.2. The quantitative estimate of drug-likeness (QED) is 0.737. The van der Waals surface area contributed by atoms with E-state index in [0.29, 0.717) is 27.8 Å². The van der Waals surface area contributed by atoms with Gasteiger partial charge < -0.3 is 5.73 Å². The lowest BCUT2D eigenvalue weighted by atomic mass is 10.2. The molecule has 0 spiro atoms. The minimum Gasteiger partial charge on any atom is -0.399 e. The molecule has 0 saturated carbocycles. The third-order valence-electron chi connectivity index (χ3n) is 2.96. The molecule has 1 heterocycles. The number of aromatic nitrogens is 3. The van der Waals surface area contributed by atoms with Gasteiger partial charge in [-0.3, -0.25) is 0 Å². The van der Waals surface area contributed by atoms with E-state index in [-0.39, 0.29) is 0 Å². The van der Waals surface area contributed by atoms with Crippen molar-refractivity contribution < 1.29 is 0 Å². The van der Waals surface area contributed by atoms with Crippen LogP contribution in [0, 0.1) is 11.3 Å². The summed E-state index contributed by atoms with van der Waals surface area (Å²) in [7, 11) is 0. The molecule has 0 amide bonds. The highest BCUT2D eigenvalue weighted by atomic mass is 35.5. The molecule has 1 aromatic heterocycles. The third kappa shape index (κ3) is 2.57. The maximum atomic E-state index is 9.16. The summed E-state index contributed by atoms with van der Waals surface area (Å²) in [5.41, 5.74) is 8.28. The molecule has 0 fully saturated rings. The lowest BCUT2D eigenvalue weighted by Crippen LogP contribution is -1.98. The number of halogens is 1. The monoisotopic (exact) mass is 295 g/mol. The first-order valence-electron chi connectivity index (χ1n) is 6.15. The summed E-state index contributed by atoms with van der Waals surface area (Å²) in [5, 5.41) is 14.1. The SMILES string of the molecule is N#Cc1ccc(Cl)cc1-n1cnc(-c2cccc(N)c2)n1. The molecule has 0 unspecified atom stereocenters. The minimum absolute atomic E-state index is 0.475. The summed E-state index contributed by atoms with van der Waals surface area (Å²) in [5.74, 6) is 0.533. The van der Waals surface area contributed by atoms with Crippen LogP contribution in [-0.2, 0) is 0 Å². The number of hydrogen-bond donors (Lipinski definition) is 1. The second-order valence-electron chi connectivity index (χ2n) is 4.41. The Hall–Kier alpha value is -2.84. The topological polar surface area (TPSA) is 80.5 Å². The van der Waals surface area contributed by atoms with E-state index in [1.165, 1.54) is 4.68 Å². The maximum Gasteiger partial charge on any atom is 0.181 e. The van der Waals surface area contributed by atoms with Crippen LogP contribution in [-0.4, -0.2) is 14.8 Å². The molecule has 0 aliphatic carbocycles. The van der Waals surface area contributed by atoms with Crippen LogP contribution in [0.5, 0.6) is 0 Å². The van der Waals surface area contributed by atoms with Crippen molar-refractivity contribution in [2.45, 2.75) is 0 Å². The van der Waals surface area contributed by atoms with Gasteiger partial charge in [-0.25, -0.2) is 9.67 Å². The number of benzene rings is 2. The van der Waals surface area contributed by atoms with Crippen LogP contribution in [0.15, 0.2) is 48.8 Å². The zero-order chi connectivity index (χ0) is 14.8. The van der Waals surface area contributed by atoms with Gasteiger partial charge in [0, 0.05) is 16.3 Å². The summed E-state index contributed by atoms with van der Waals surface area (Å²) in [6.07, 6.45) is 1.55. The third-order valence-corrected chi connectivity index (χ3v) is 3.20. The predicted molar refractivity (Wildman–Crippen MR) is 80.9 cm³/mol. The fourth-order valence-corrected chi connectivity index (χ4v) is 2.14. The van der Waals surface area contributed by atoms with Crippen LogP contribution in [0.4, 0.5) is 5.69 Å². The standard InChI is InChI=1S/C15H10ClN5/c16-12-5-4-11(8-17)14(7-12)21-9-19-15(20-21)10-2-1-3-13(18)6-10/h1-7,9H,18H2. The van der Waals surface area contributed by atoms with Crippen molar-refractivity contribution in [3.05, 3.63) is 59.4 Å². The van der Waals surface area contributed by atoms with Crippen molar-refractivity contribution in [1.82, 2.24) is 14.8 Å². The van der Waals surface area contributed by atoms with Crippen molar-refractivity contribution in [2.75, 3.05) is 5.73 Å². The number of nitriles is 1. The number of nitrogens with zero attached hydrogens (tertiary/aromatic N) is 4.